The van der Waals surface area contributed by atoms with Crippen LogP contribution in [0.5, 0.6) is 34.5 Å². The molecule has 1 aliphatic carbocycles. The number of hydrogen-bond acceptors (Lipinski definition) is 6. The van der Waals surface area contributed by atoms with Gasteiger partial charge in [0.15, 0.2) is 0 Å². The number of methoxy groups -OCH3 is 2. The van der Waals surface area contributed by atoms with Crippen LogP contribution in [0.3, 0.4) is 0 Å². The van der Waals surface area contributed by atoms with Crippen LogP contribution in [-0.4, -0.2) is 34.6 Å². The average molecular weight is 485 g/mol. The number of phenols is 4. The molecule has 0 unspecified atom stereocenters. The van der Waals surface area contributed by atoms with Crippen molar-refractivity contribution in [3.63, 3.8) is 0 Å². The Morgan fingerprint density at radius 1 is 0.694 bits per heavy atom. The molecule has 0 spiro atoms. The minimum Gasteiger partial charge on any atom is -0.508 e. The van der Waals surface area contributed by atoms with Crippen LogP contribution in [0.4, 0.5) is 0 Å². The summed E-state index contributed by atoms with van der Waals surface area (Å²) >= 11 is 0. The number of fused-ring (bicyclic) bond motifs is 3. The normalized spacial score (nSPS) is 12.1. The number of aromatic hydroxyl groups is 4. The Bertz CT molecular complexity index is 1460. The molecule has 0 bridgehead atoms. The lowest BCUT2D eigenvalue weighted by Crippen LogP contribution is -2.08. The number of ether oxygens (including phenoxy) is 2. The van der Waals surface area contributed by atoms with E-state index < -0.39 is 0 Å². The molecule has 0 saturated carbocycles. The highest BCUT2D eigenvalue weighted by Gasteiger charge is 2.28. The fourth-order valence-electron chi connectivity index (χ4n) is 5.22. The second-order valence-corrected chi connectivity index (χ2v) is 9.02. The molecule has 6 nitrogen and oxygen atoms in total. The number of phenolic OH excluding ortho intramolecular Hbond substituents is 4. The Hall–Kier alpha value is -4.32. The molecule has 6 heteroatoms. The fraction of sp³-hybridized carbons (Fsp3) is 0.200. The van der Waals surface area contributed by atoms with E-state index in [-0.39, 0.29) is 23.0 Å². The summed E-state index contributed by atoms with van der Waals surface area (Å²) in [5, 5.41) is 41.9. The van der Waals surface area contributed by atoms with E-state index in [4.69, 9.17) is 9.47 Å². The van der Waals surface area contributed by atoms with E-state index in [1.165, 1.54) is 6.07 Å². The minimum atomic E-state index is -0.0319. The number of rotatable bonds is 6. The summed E-state index contributed by atoms with van der Waals surface area (Å²) in [5.74, 6) is 1.55. The Morgan fingerprint density at radius 2 is 1.47 bits per heavy atom. The molecule has 1 aliphatic rings. The van der Waals surface area contributed by atoms with Crippen molar-refractivity contribution in [1.29, 1.82) is 0 Å². The van der Waals surface area contributed by atoms with Crippen LogP contribution in [-0.2, 0) is 25.7 Å². The van der Waals surface area contributed by atoms with E-state index in [2.05, 4.69) is 0 Å². The van der Waals surface area contributed by atoms with Crippen molar-refractivity contribution >= 4 is 0 Å². The van der Waals surface area contributed by atoms with Gasteiger partial charge in [0.25, 0.3) is 0 Å². The first-order valence-corrected chi connectivity index (χ1v) is 11.8. The number of aryl methyl sites for hydroxylation is 3. The molecule has 0 fully saturated rings. The Morgan fingerprint density at radius 3 is 2.22 bits per heavy atom. The summed E-state index contributed by atoms with van der Waals surface area (Å²) in [6.45, 7) is 0. The number of benzene rings is 4. The lowest BCUT2D eigenvalue weighted by molar-refractivity contribution is 0.394. The third-order valence-electron chi connectivity index (χ3n) is 6.85. The van der Waals surface area contributed by atoms with Crippen LogP contribution in [0.1, 0.15) is 22.3 Å². The molecule has 0 amide bonds. The minimum absolute atomic E-state index is 0.00770. The second-order valence-electron chi connectivity index (χ2n) is 9.02. The van der Waals surface area contributed by atoms with Gasteiger partial charge in [-0.25, -0.2) is 0 Å². The maximum absolute atomic E-state index is 11.2. The van der Waals surface area contributed by atoms with Gasteiger partial charge in [0.2, 0.25) is 0 Å². The maximum Gasteiger partial charge on any atom is 0.130 e. The molecule has 184 valence electrons. The van der Waals surface area contributed by atoms with Crippen LogP contribution < -0.4 is 9.47 Å². The van der Waals surface area contributed by atoms with Gasteiger partial charge < -0.3 is 29.9 Å². The van der Waals surface area contributed by atoms with E-state index in [0.29, 0.717) is 48.3 Å². The van der Waals surface area contributed by atoms with Gasteiger partial charge in [0.05, 0.1) is 14.2 Å². The van der Waals surface area contributed by atoms with E-state index in [9.17, 15) is 20.4 Å². The Balaban J connectivity index is 1.71. The zero-order chi connectivity index (χ0) is 25.4. The highest BCUT2D eigenvalue weighted by Crippen LogP contribution is 2.51. The van der Waals surface area contributed by atoms with E-state index >= 15 is 0 Å². The van der Waals surface area contributed by atoms with Gasteiger partial charge in [-0.2, -0.15) is 0 Å². The fourth-order valence-corrected chi connectivity index (χ4v) is 5.22. The van der Waals surface area contributed by atoms with Crippen molar-refractivity contribution in [3.05, 3.63) is 82.9 Å². The second kappa shape index (κ2) is 9.38. The Kier molecular flexibility index (Phi) is 6.10. The maximum atomic E-state index is 11.2. The molecule has 0 aliphatic heterocycles. The smallest absolute Gasteiger partial charge is 0.130 e. The van der Waals surface area contributed by atoms with Gasteiger partial charge in [-0.05, 0) is 83.8 Å². The zero-order valence-corrected chi connectivity index (χ0v) is 20.2. The molecule has 0 atom stereocenters. The molecule has 0 heterocycles. The van der Waals surface area contributed by atoms with Gasteiger partial charge in [0.1, 0.15) is 34.5 Å². The van der Waals surface area contributed by atoms with Gasteiger partial charge in [-0.1, -0.05) is 18.2 Å². The van der Waals surface area contributed by atoms with E-state index in [1.54, 1.807) is 50.6 Å². The highest BCUT2D eigenvalue weighted by atomic mass is 16.5. The van der Waals surface area contributed by atoms with Crippen LogP contribution in [0, 0.1) is 0 Å². The lowest BCUT2D eigenvalue weighted by Gasteiger charge is -2.26. The predicted molar refractivity (Wildman–Crippen MR) is 138 cm³/mol. The molecule has 0 aromatic heterocycles. The lowest BCUT2D eigenvalue weighted by atomic mass is 9.79. The molecule has 0 saturated heterocycles. The SMILES string of the molecule is COc1cc(CCc2cccc(O)c2)c(-c2c(O)cc(O)c3c2CCc2cc(O)ccc2-3)c(OC)c1. The topological polar surface area (TPSA) is 99.4 Å². The molecule has 0 radical (unpaired) electrons. The first kappa shape index (κ1) is 23.4. The van der Waals surface area contributed by atoms with Gasteiger partial charge in [-0.15, -0.1) is 0 Å². The van der Waals surface area contributed by atoms with Crippen LogP contribution in [0.25, 0.3) is 22.3 Å². The van der Waals surface area contributed by atoms with Gasteiger partial charge in [-0.3, -0.25) is 0 Å². The van der Waals surface area contributed by atoms with Crippen molar-refractivity contribution in [3.8, 4) is 56.8 Å². The Labute approximate surface area is 209 Å². The first-order chi connectivity index (χ1) is 17.4. The van der Waals surface area contributed by atoms with Crippen LogP contribution >= 0.6 is 0 Å². The zero-order valence-electron chi connectivity index (χ0n) is 20.2. The summed E-state index contributed by atoms with van der Waals surface area (Å²) in [5.41, 5.74) is 6.51. The molecule has 4 N–H and O–H groups in total. The van der Waals surface area contributed by atoms with E-state index in [1.807, 2.05) is 18.2 Å². The average Bonchev–Trinajstić information content (AvgIpc) is 2.87. The van der Waals surface area contributed by atoms with Gasteiger partial charge >= 0.3 is 0 Å². The molecule has 4 aromatic rings. The quantitative estimate of drug-likeness (QED) is 0.278. The first-order valence-electron chi connectivity index (χ1n) is 11.8. The van der Waals surface area contributed by atoms with Crippen LogP contribution in [0.15, 0.2) is 60.7 Å². The monoisotopic (exact) mass is 484 g/mol. The third kappa shape index (κ3) is 4.15. The van der Waals surface area contributed by atoms with Crippen molar-refractivity contribution in [1.82, 2.24) is 0 Å². The van der Waals surface area contributed by atoms with Crippen molar-refractivity contribution in [2.45, 2.75) is 25.7 Å². The molecule has 4 aromatic carbocycles. The van der Waals surface area contributed by atoms with E-state index in [0.717, 1.165) is 33.4 Å². The predicted octanol–water partition coefficient (Wildman–Crippen LogP) is 5.74. The summed E-state index contributed by atoms with van der Waals surface area (Å²) in [7, 11) is 3.18. The summed E-state index contributed by atoms with van der Waals surface area (Å²) in [6, 6.07) is 17.4. The highest BCUT2D eigenvalue weighted by molar-refractivity contribution is 5.91. The summed E-state index contributed by atoms with van der Waals surface area (Å²) in [6.07, 6.45) is 2.49. The number of hydrogen-bond donors (Lipinski definition) is 4. The standard InChI is InChI=1S/C30H28O6/c1-35-22-14-19(7-6-17-4-3-5-20(31)12-17)28(27(15-22)36-2)30-24-10-8-18-13-21(32)9-11-23(18)29(24)25(33)16-26(30)34/h3-5,9,11-16,31-34H,6-8,10H2,1-2H3. The molecular weight excluding hydrogens is 456 g/mol. The van der Waals surface area contributed by atoms with Crippen molar-refractivity contribution in [2.24, 2.45) is 0 Å². The largest absolute Gasteiger partial charge is 0.508 e. The molecule has 5 rings (SSSR count). The molecule has 36 heavy (non-hydrogen) atoms. The summed E-state index contributed by atoms with van der Waals surface area (Å²) < 4.78 is 11.3. The van der Waals surface area contributed by atoms with Crippen molar-refractivity contribution in [2.75, 3.05) is 14.2 Å². The van der Waals surface area contributed by atoms with Crippen molar-refractivity contribution < 1.29 is 29.9 Å². The van der Waals surface area contributed by atoms with Crippen LogP contribution in [0.2, 0.25) is 0 Å². The molecular formula is C30H28O6. The summed E-state index contributed by atoms with van der Waals surface area (Å²) in [4.78, 5) is 0. The third-order valence-corrected chi connectivity index (χ3v) is 6.85. The van der Waals surface area contributed by atoms with Gasteiger partial charge in [0, 0.05) is 28.8 Å².